The Morgan fingerprint density at radius 1 is 1.43 bits per heavy atom. The highest BCUT2D eigenvalue weighted by molar-refractivity contribution is 6.00. The summed E-state index contributed by atoms with van der Waals surface area (Å²) < 4.78 is 13.1. The zero-order valence-electron chi connectivity index (χ0n) is 7.59. The average molecular weight is 194 g/mol. The first-order valence-electron chi connectivity index (χ1n) is 4.47. The van der Waals surface area contributed by atoms with Crippen molar-refractivity contribution in [3.8, 4) is 0 Å². The lowest BCUT2D eigenvalue weighted by Crippen LogP contribution is -2.38. The minimum Gasteiger partial charge on any atom is -0.322 e. The topological polar surface area (TPSA) is 55.1 Å². The van der Waals surface area contributed by atoms with E-state index in [1.54, 1.807) is 12.1 Å². The van der Waals surface area contributed by atoms with E-state index in [1.165, 1.54) is 12.1 Å². The molecule has 0 unspecified atom stereocenters. The van der Waals surface area contributed by atoms with Crippen molar-refractivity contribution < 1.29 is 9.18 Å². The zero-order chi connectivity index (χ0) is 10.2. The summed E-state index contributed by atoms with van der Waals surface area (Å²) in [5, 5.41) is 2.47. The number of anilines is 1. The number of nitrogens with one attached hydrogen (secondary N) is 1. The fourth-order valence-electron chi connectivity index (χ4n) is 1.17. The van der Waals surface area contributed by atoms with Crippen molar-refractivity contribution in [1.82, 2.24) is 0 Å². The number of hydrogen-bond donors (Lipinski definition) is 2. The SMILES string of the molecule is NC1(C(=O)Nc2ccccc2F)CC1. The molecule has 0 atom stereocenters. The van der Waals surface area contributed by atoms with Crippen molar-refractivity contribution in [1.29, 1.82) is 0 Å². The molecule has 0 radical (unpaired) electrons. The molecule has 0 spiro atoms. The van der Waals surface area contributed by atoms with Crippen molar-refractivity contribution in [2.45, 2.75) is 18.4 Å². The minimum absolute atomic E-state index is 0.189. The average Bonchev–Trinajstić information content (AvgIpc) is 2.89. The van der Waals surface area contributed by atoms with Crippen LogP contribution in [0.25, 0.3) is 0 Å². The molecule has 1 fully saturated rings. The molecular formula is C10H11FN2O. The summed E-state index contributed by atoms with van der Waals surface area (Å²) in [6.45, 7) is 0. The summed E-state index contributed by atoms with van der Waals surface area (Å²) in [7, 11) is 0. The first-order chi connectivity index (χ1) is 6.62. The molecule has 14 heavy (non-hydrogen) atoms. The van der Waals surface area contributed by atoms with Crippen LogP contribution in [0, 0.1) is 5.82 Å². The highest BCUT2D eigenvalue weighted by Gasteiger charge is 2.46. The molecule has 3 N–H and O–H groups in total. The Bertz CT molecular complexity index is 374. The van der Waals surface area contributed by atoms with Crippen LogP contribution in [0.1, 0.15) is 12.8 Å². The zero-order valence-corrected chi connectivity index (χ0v) is 7.59. The number of carbonyl (C=O) groups is 1. The summed E-state index contributed by atoms with van der Waals surface area (Å²) >= 11 is 0. The van der Waals surface area contributed by atoms with E-state index in [0.29, 0.717) is 12.8 Å². The van der Waals surface area contributed by atoms with Crippen molar-refractivity contribution in [3.63, 3.8) is 0 Å². The molecule has 2 rings (SSSR count). The molecule has 0 aromatic heterocycles. The van der Waals surface area contributed by atoms with Gasteiger partial charge >= 0.3 is 0 Å². The van der Waals surface area contributed by atoms with Crippen LogP contribution in [0.15, 0.2) is 24.3 Å². The third kappa shape index (κ3) is 1.61. The number of benzene rings is 1. The van der Waals surface area contributed by atoms with Crippen LogP contribution in [0.3, 0.4) is 0 Å². The third-order valence-corrected chi connectivity index (χ3v) is 2.36. The van der Waals surface area contributed by atoms with Crippen LogP contribution < -0.4 is 11.1 Å². The molecule has 1 saturated carbocycles. The highest BCUT2D eigenvalue weighted by Crippen LogP contribution is 2.33. The number of hydrogen-bond acceptors (Lipinski definition) is 2. The van der Waals surface area contributed by atoms with Gasteiger partial charge < -0.3 is 11.1 Å². The number of halogens is 1. The summed E-state index contributed by atoms with van der Waals surface area (Å²) in [5.41, 5.74) is 5.08. The molecule has 0 aliphatic heterocycles. The number of nitrogens with two attached hydrogens (primary N) is 1. The molecule has 0 heterocycles. The van der Waals surface area contributed by atoms with E-state index in [4.69, 9.17) is 5.73 Å². The van der Waals surface area contributed by atoms with Crippen molar-refractivity contribution in [2.75, 3.05) is 5.32 Å². The third-order valence-electron chi connectivity index (χ3n) is 2.36. The van der Waals surface area contributed by atoms with Gasteiger partial charge in [-0.25, -0.2) is 4.39 Å². The van der Waals surface area contributed by atoms with Gasteiger partial charge in [0.05, 0.1) is 11.2 Å². The van der Waals surface area contributed by atoms with Gasteiger partial charge in [-0.15, -0.1) is 0 Å². The first-order valence-corrected chi connectivity index (χ1v) is 4.47. The van der Waals surface area contributed by atoms with Crippen molar-refractivity contribution in [3.05, 3.63) is 30.1 Å². The lowest BCUT2D eigenvalue weighted by atomic mass is 10.2. The second-order valence-electron chi connectivity index (χ2n) is 3.59. The Kier molecular flexibility index (Phi) is 2.00. The fourth-order valence-corrected chi connectivity index (χ4v) is 1.17. The maximum absolute atomic E-state index is 13.1. The Hall–Kier alpha value is -1.42. The summed E-state index contributed by atoms with van der Waals surface area (Å²) in [6.07, 6.45) is 1.35. The van der Waals surface area contributed by atoms with E-state index in [0.717, 1.165) is 0 Å². The van der Waals surface area contributed by atoms with Crippen LogP contribution in [0.5, 0.6) is 0 Å². The molecule has 1 aromatic carbocycles. The second kappa shape index (κ2) is 3.06. The minimum atomic E-state index is -0.762. The highest BCUT2D eigenvalue weighted by atomic mass is 19.1. The Morgan fingerprint density at radius 2 is 2.07 bits per heavy atom. The van der Waals surface area contributed by atoms with Crippen LogP contribution in [-0.4, -0.2) is 11.4 Å². The monoisotopic (exact) mass is 194 g/mol. The van der Waals surface area contributed by atoms with Gasteiger partial charge in [0.25, 0.3) is 0 Å². The van der Waals surface area contributed by atoms with E-state index in [9.17, 15) is 9.18 Å². The Morgan fingerprint density at radius 3 is 2.64 bits per heavy atom. The number of carbonyl (C=O) groups excluding carboxylic acids is 1. The number of para-hydroxylation sites is 1. The molecule has 1 aromatic rings. The van der Waals surface area contributed by atoms with Crippen molar-refractivity contribution in [2.24, 2.45) is 5.73 Å². The van der Waals surface area contributed by atoms with Gasteiger partial charge in [0.2, 0.25) is 5.91 Å². The van der Waals surface area contributed by atoms with Crippen LogP contribution in [-0.2, 0) is 4.79 Å². The molecule has 74 valence electrons. The summed E-state index contributed by atoms with van der Waals surface area (Å²) in [4.78, 5) is 11.4. The molecule has 4 heteroatoms. The second-order valence-corrected chi connectivity index (χ2v) is 3.59. The molecule has 0 bridgehead atoms. The Labute approximate surface area is 81.1 Å². The lowest BCUT2D eigenvalue weighted by molar-refractivity contribution is -0.118. The van der Waals surface area contributed by atoms with E-state index in [2.05, 4.69) is 5.32 Å². The van der Waals surface area contributed by atoms with Gasteiger partial charge in [-0.2, -0.15) is 0 Å². The largest absolute Gasteiger partial charge is 0.322 e. The molecule has 1 amide bonds. The van der Waals surface area contributed by atoms with Gasteiger partial charge in [-0.1, -0.05) is 12.1 Å². The predicted molar refractivity (Wildman–Crippen MR) is 51.2 cm³/mol. The Balaban J connectivity index is 2.11. The molecule has 1 aliphatic carbocycles. The number of rotatable bonds is 2. The van der Waals surface area contributed by atoms with Crippen LogP contribution >= 0.6 is 0 Å². The maximum atomic E-state index is 13.1. The van der Waals surface area contributed by atoms with E-state index >= 15 is 0 Å². The van der Waals surface area contributed by atoms with E-state index in [-0.39, 0.29) is 11.6 Å². The molecule has 3 nitrogen and oxygen atoms in total. The van der Waals surface area contributed by atoms with E-state index < -0.39 is 11.4 Å². The first kappa shape index (κ1) is 9.15. The van der Waals surface area contributed by atoms with Gasteiger partial charge in [0, 0.05) is 0 Å². The van der Waals surface area contributed by atoms with Gasteiger partial charge in [0.15, 0.2) is 0 Å². The quantitative estimate of drug-likeness (QED) is 0.744. The van der Waals surface area contributed by atoms with Gasteiger partial charge in [-0.3, -0.25) is 4.79 Å². The molecule has 0 saturated heterocycles. The standard InChI is InChI=1S/C10H11FN2O/c11-7-3-1-2-4-8(7)13-9(14)10(12)5-6-10/h1-4H,5-6,12H2,(H,13,14). The maximum Gasteiger partial charge on any atom is 0.244 e. The summed E-state index contributed by atoms with van der Waals surface area (Å²) in [5.74, 6) is -0.743. The van der Waals surface area contributed by atoms with Crippen molar-refractivity contribution >= 4 is 11.6 Å². The van der Waals surface area contributed by atoms with Crippen LogP contribution in [0.4, 0.5) is 10.1 Å². The predicted octanol–water partition coefficient (Wildman–Crippen LogP) is 1.26. The van der Waals surface area contributed by atoms with Gasteiger partial charge in [0.1, 0.15) is 5.82 Å². The molecular weight excluding hydrogens is 183 g/mol. The molecule has 1 aliphatic rings. The van der Waals surface area contributed by atoms with E-state index in [1.807, 2.05) is 0 Å². The van der Waals surface area contributed by atoms with Crippen LogP contribution in [0.2, 0.25) is 0 Å². The smallest absolute Gasteiger partial charge is 0.244 e. The summed E-state index contributed by atoms with van der Waals surface area (Å²) in [6, 6.07) is 6.04. The lowest BCUT2D eigenvalue weighted by Gasteiger charge is -2.10. The fraction of sp³-hybridized carbons (Fsp3) is 0.300. The van der Waals surface area contributed by atoms with Gasteiger partial charge in [-0.05, 0) is 25.0 Å². The number of amides is 1. The normalized spacial score (nSPS) is 17.6.